The summed E-state index contributed by atoms with van der Waals surface area (Å²) in [6.07, 6.45) is 4.07. The fourth-order valence-corrected chi connectivity index (χ4v) is 5.35. The molecule has 0 atom stereocenters. The van der Waals surface area contributed by atoms with Crippen LogP contribution in [0.1, 0.15) is 41.3 Å². The Morgan fingerprint density at radius 3 is 2.54 bits per heavy atom. The normalized spacial score (nSPS) is 16.1. The highest BCUT2D eigenvalue weighted by atomic mass is 32.2. The average Bonchev–Trinajstić information content (AvgIpc) is 3.69. The Labute approximate surface area is 226 Å². The number of pyridine rings is 1. The zero-order chi connectivity index (χ0) is 27.9. The van der Waals surface area contributed by atoms with Crippen molar-refractivity contribution in [1.82, 2.24) is 9.88 Å². The minimum Gasteiger partial charge on any atom is -0.491 e. The summed E-state index contributed by atoms with van der Waals surface area (Å²) in [4.78, 5) is 31.2. The molecule has 0 bridgehead atoms. The van der Waals surface area contributed by atoms with E-state index in [4.69, 9.17) is 10.5 Å². The van der Waals surface area contributed by atoms with Gasteiger partial charge in [0.15, 0.2) is 9.84 Å². The van der Waals surface area contributed by atoms with Gasteiger partial charge in [-0.3, -0.25) is 9.59 Å². The number of nitrogens with two attached hydrogens (primary N) is 1. The molecule has 3 N–H and O–H groups in total. The van der Waals surface area contributed by atoms with Crippen molar-refractivity contribution >= 4 is 27.5 Å². The van der Waals surface area contributed by atoms with Gasteiger partial charge in [-0.25, -0.2) is 17.8 Å². The summed E-state index contributed by atoms with van der Waals surface area (Å²) in [7, 11) is -3.77. The minimum absolute atomic E-state index is 0.0718. The number of benzene rings is 2. The molecule has 1 aliphatic heterocycles. The zero-order valence-corrected chi connectivity index (χ0v) is 22.5. The molecule has 39 heavy (non-hydrogen) atoms. The second kappa shape index (κ2) is 10.0. The number of hydrogen-bond donors (Lipinski definition) is 2. The molecular formula is C28H29FN4O5S. The Morgan fingerprint density at radius 2 is 1.90 bits per heavy atom. The van der Waals surface area contributed by atoms with E-state index < -0.39 is 32.0 Å². The third kappa shape index (κ3) is 5.37. The predicted molar refractivity (Wildman–Crippen MR) is 144 cm³/mol. The van der Waals surface area contributed by atoms with E-state index in [1.54, 1.807) is 24.1 Å². The van der Waals surface area contributed by atoms with Crippen LogP contribution in [0.4, 0.5) is 10.2 Å². The lowest BCUT2D eigenvalue weighted by Gasteiger charge is -2.22. The maximum absolute atomic E-state index is 15.1. The number of halogens is 1. The van der Waals surface area contributed by atoms with Gasteiger partial charge < -0.3 is 20.7 Å². The highest BCUT2D eigenvalue weighted by Gasteiger charge is 2.46. The number of sulfone groups is 1. The van der Waals surface area contributed by atoms with Crippen LogP contribution in [0.15, 0.2) is 53.6 Å². The van der Waals surface area contributed by atoms with Gasteiger partial charge in [0, 0.05) is 41.3 Å². The van der Waals surface area contributed by atoms with Crippen molar-refractivity contribution in [1.29, 1.82) is 0 Å². The molecule has 1 saturated carbocycles. The molecule has 5 rings (SSSR count). The number of carbonyl (C=O) groups excluding carboxylic acids is 2. The summed E-state index contributed by atoms with van der Waals surface area (Å²) in [5.74, 6) is -0.478. The highest BCUT2D eigenvalue weighted by molar-refractivity contribution is 7.90. The maximum Gasteiger partial charge on any atom is 0.254 e. The number of nitrogens with one attached hydrogen (secondary N) is 1. The molecule has 1 aliphatic carbocycles. The molecular weight excluding hydrogens is 523 g/mol. The summed E-state index contributed by atoms with van der Waals surface area (Å²) in [5.41, 5.74) is 7.75. The van der Waals surface area contributed by atoms with Gasteiger partial charge in [-0.15, -0.1) is 0 Å². The average molecular weight is 553 g/mol. The largest absolute Gasteiger partial charge is 0.491 e. The molecule has 1 fully saturated rings. The van der Waals surface area contributed by atoms with E-state index in [1.165, 1.54) is 6.07 Å². The predicted octanol–water partition coefficient (Wildman–Crippen LogP) is 3.32. The number of nitrogens with zero attached hydrogens (tertiary/aromatic N) is 2. The van der Waals surface area contributed by atoms with Crippen molar-refractivity contribution in [3.05, 3.63) is 71.2 Å². The van der Waals surface area contributed by atoms with E-state index in [0.29, 0.717) is 24.4 Å². The lowest BCUT2D eigenvalue weighted by Crippen LogP contribution is -2.38. The minimum atomic E-state index is -3.77. The number of hydrogen-bond acceptors (Lipinski definition) is 7. The number of fused-ring (bicyclic) bond motifs is 1. The van der Waals surface area contributed by atoms with Gasteiger partial charge in [-0.2, -0.15) is 0 Å². The summed E-state index contributed by atoms with van der Waals surface area (Å²) in [5, 5.41) is 2.74. The van der Waals surface area contributed by atoms with Gasteiger partial charge in [0.2, 0.25) is 5.91 Å². The number of amides is 2. The molecule has 9 nitrogen and oxygen atoms in total. The molecule has 2 aliphatic rings. The Morgan fingerprint density at radius 1 is 1.15 bits per heavy atom. The maximum atomic E-state index is 15.1. The third-order valence-corrected chi connectivity index (χ3v) is 8.21. The van der Waals surface area contributed by atoms with Crippen LogP contribution < -0.4 is 15.8 Å². The fourth-order valence-electron chi connectivity index (χ4n) is 4.59. The van der Waals surface area contributed by atoms with Crippen LogP contribution in [0.5, 0.6) is 5.75 Å². The summed E-state index contributed by atoms with van der Waals surface area (Å²) >= 11 is 0. The van der Waals surface area contributed by atoms with Gasteiger partial charge >= 0.3 is 0 Å². The molecule has 204 valence electrons. The van der Waals surface area contributed by atoms with Gasteiger partial charge in [-0.1, -0.05) is 13.0 Å². The lowest BCUT2D eigenvalue weighted by molar-refractivity contribution is -0.118. The van der Waals surface area contributed by atoms with Crippen molar-refractivity contribution in [3.63, 3.8) is 0 Å². The summed E-state index contributed by atoms with van der Waals surface area (Å²) in [6, 6.07) is 11.7. The molecule has 0 unspecified atom stereocenters. The van der Waals surface area contributed by atoms with Crippen LogP contribution in [-0.2, 0) is 27.6 Å². The van der Waals surface area contributed by atoms with Crippen molar-refractivity contribution in [3.8, 4) is 16.9 Å². The van der Waals surface area contributed by atoms with E-state index in [0.717, 1.165) is 29.0 Å². The van der Waals surface area contributed by atoms with Gasteiger partial charge in [0.25, 0.3) is 5.91 Å². The van der Waals surface area contributed by atoms with Crippen LogP contribution in [0.3, 0.4) is 0 Å². The fraction of sp³-hybridized carbons (Fsp3) is 0.321. The van der Waals surface area contributed by atoms with E-state index in [1.807, 2.05) is 24.3 Å². The number of rotatable bonds is 6. The smallest absolute Gasteiger partial charge is 0.254 e. The zero-order valence-electron chi connectivity index (χ0n) is 21.7. The SMILES string of the molecule is CCc1c(C(=O)N2CCOc3ccc(-c4ccc(NC(=O)C5(N)CC5)nc4)cc3C2)ccc(S(C)(=O)=O)c1F. The molecule has 11 heteroatoms. The van der Waals surface area contributed by atoms with Gasteiger partial charge in [-0.05, 0) is 61.2 Å². The number of carbonyl (C=O) groups is 2. The first-order chi connectivity index (χ1) is 18.5. The van der Waals surface area contributed by atoms with Crippen LogP contribution in [-0.4, -0.2) is 55.1 Å². The molecule has 0 saturated heterocycles. The van der Waals surface area contributed by atoms with Crippen LogP contribution >= 0.6 is 0 Å². The molecule has 3 aromatic rings. The molecule has 0 spiro atoms. The van der Waals surface area contributed by atoms with Crippen molar-refractivity contribution < 1.29 is 27.1 Å². The highest BCUT2D eigenvalue weighted by Crippen LogP contribution is 2.34. The van der Waals surface area contributed by atoms with Crippen molar-refractivity contribution in [2.75, 3.05) is 24.7 Å². The Bertz CT molecular complexity index is 1570. The lowest BCUT2D eigenvalue weighted by atomic mass is 10.0. The Hall–Kier alpha value is -3.83. The standard InChI is InChI=1S/C28H29FN4O5S/c1-3-20-21(6-8-23(25(20)29)39(2,36)37)26(34)33-12-13-38-22-7-4-17(14-19(22)16-33)18-5-9-24(31-15-18)32-27(35)28(30)10-11-28/h4-9,14-15H,3,10-13,16,30H2,1-2H3,(H,31,32,35). The van der Waals surface area contributed by atoms with Crippen LogP contribution in [0.25, 0.3) is 11.1 Å². The first-order valence-electron chi connectivity index (χ1n) is 12.6. The Kier molecular flexibility index (Phi) is 6.90. The van der Waals surface area contributed by atoms with E-state index in [2.05, 4.69) is 10.3 Å². The summed E-state index contributed by atoms with van der Waals surface area (Å²) in [6.45, 7) is 2.43. The molecule has 0 radical (unpaired) electrons. The van der Waals surface area contributed by atoms with Crippen LogP contribution in [0, 0.1) is 5.82 Å². The topological polar surface area (TPSA) is 132 Å². The van der Waals surface area contributed by atoms with E-state index in [-0.39, 0.29) is 43.2 Å². The Balaban J connectivity index is 1.38. The van der Waals surface area contributed by atoms with Gasteiger partial charge in [0.1, 0.15) is 28.9 Å². The second-order valence-corrected chi connectivity index (χ2v) is 12.0. The van der Waals surface area contributed by atoms with Crippen LogP contribution in [0.2, 0.25) is 0 Å². The monoisotopic (exact) mass is 552 g/mol. The molecule has 2 heterocycles. The number of aromatic nitrogens is 1. The molecule has 1 aromatic heterocycles. The molecule has 2 aromatic carbocycles. The second-order valence-electron chi connectivity index (χ2n) is 9.97. The number of anilines is 1. The molecule has 2 amide bonds. The first-order valence-corrected chi connectivity index (χ1v) is 14.5. The number of ether oxygens (including phenoxy) is 1. The van der Waals surface area contributed by atoms with E-state index >= 15 is 4.39 Å². The summed E-state index contributed by atoms with van der Waals surface area (Å²) < 4.78 is 44.9. The first kappa shape index (κ1) is 26.8. The van der Waals surface area contributed by atoms with Crippen molar-refractivity contribution in [2.45, 2.75) is 43.2 Å². The quantitative estimate of drug-likeness (QED) is 0.480. The third-order valence-electron chi connectivity index (χ3n) is 7.10. The van der Waals surface area contributed by atoms with Gasteiger partial charge in [0.05, 0.1) is 12.1 Å². The van der Waals surface area contributed by atoms with E-state index in [9.17, 15) is 18.0 Å². The van der Waals surface area contributed by atoms with Crippen molar-refractivity contribution in [2.24, 2.45) is 5.73 Å².